The quantitative estimate of drug-likeness (QED) is 0.737. The number of ether oxygens (including phenoxy) is 4. The molecule has 0 aromatic heterocycles. The minimum atomic E-state index is -0.652. The van der Waals surface area contributed by atoms with E-state index in [1.807, 2.05) is 41.5 Å². The van der Waals surface area contributed by atoms with Gasteiger partial charge in [-0.1, -0.05) is 0 Å². The van der Waals surface area contributed by atoms with Crippen molar-refractivity contribution < 1.29 is 24.1 Å². The first-order valence-electron chi connectivity index (χ1n) is 7.39. The molecule has 5 nitrogen and oxygen atoms in total. The zero-order chi connectivity index (χ0) is 15.0. The van der Waals surface area contributed by atoms with Crippen LogP contribution in [0.1, 0.15) is 54.4 Å². The van der Waals surface area contributed by atoms with Crippen LogP contribution in [0.15, 0.2) is 0 Å². The lowest BCUT2D eigenvalue weighted by Crippen LogP contribution is -2.59. The maximum absolute atomic E-state index is 10.5. The second kappa shape index (κ2) is 3.96. The van der Waals surface area contributed by atoms with Crippen molar-refractivity contribution in [2.75, 3.05) is 0 Å². The van der Waals surface area contributed by atoms with Crippen molar-refractivity contribution >= 4 is 0 Å². The van der Waals surface area contributed by atoms with Crippen LogP contribution < -0.4 is 0 Å². The highest BCUT2D eigenvalue weighted by Crippen LogP contribution is 2.54. The zero-order valence-electron chi connectivity index (χ0n) is 13.2. The summed E-state index contributed by atoms with van der Waals surface area (Å²) in [6, 6.07) is 0. The van der Waals surface area contributed by atoms with Crippen molar-refractivity contribution in [3.8, 4) is 0 Å². The third kappa shape index (κ3) is 2.11. The maximum atomic E-state index is 10.5. The summed E-state index contributed by atoms with van der Waals surface area (Å²) in [6.45, 7) is 11.6. The number of hydrogen-bond acceptors (Lipinski definition) is 5. The molecule has 1 saturated carbocycles. The highest BCUT2D eigenvalue weighted by molar-refractivity contribution is 5.11. The van der Waals surface area contributed by atoms with Crippen LogP contribution in [-0.4, -0.2) is 46.2 Å². The van der Waals surface area contributed by atoms with E-state index in [9.17, 15) is 5.11 Å². The standard InChI is InChI=1S/C15H26O5/c1-12(2)15(20-14(5,6)19-12)7-9(16)11-10(8-15)17-13(3,4)18-11/h9-11,16H,7-8H2,1-6H3/t9-,10-,11+,15-/m1/s1. The Morgan fingerprint density at radius 3 is 2.05 bits per heavy atom. The van der Waals surface area contributed by atoms with Gasteiger partial charge in [-0.2, -0.15) is 0 Å². The average Bonchev–Trinajstić information content (AvgIpc) is 2.57. The predicted molar refractivity (Wildman–Crippen MR) is 72.1 cm³/mol. The molecule has 3 aliphatic rings. The van der Waals surface area contributed by atoms with Crippen LogP contribution in [0.3, 0.4) is 0 Å². The van der Waals surface area contributed by atoms with Gasteiger partial charge in [0, 0.05) is 12.8 Å². The van der Waals surface area contributed by atoms with Gasteiger partial charge in [0.25, 0.3) is 0 Å². The van der Waals surface area contributed by atoms with Crippen LogP contribution >= 0.6 is 0 Å². The number of aliphatic hydroxyl groups is 1. The third-order valence-electron chi connectivity index (χ3n) is 4.71. The lowest BCUT2D eigenvalue weighted by molar-refractivity contribution is -0.188. The molecule has 0 aromatic carbocycles. The first kappa shape index (κ1) is 14.7. The van der Waals surface area contributed by atoms with Crippen LogP contribution in [0.5, 0.6) is 0 Å². The molecule has 1 spiro atoms. The summed E-state index contributed by atoms with van der Waals surface area (Å²) in [5, 5.41) is 10.5. The molecule has 5 heteroatoms. The molecule has 0 aromatic rings. The van der Waals surface area contributed by atoms with Gasteiger partial charge in [0.1, 0.15) is 11.7 Å². The molecule has 3 rings (SSSR count). The van der Waals surface area contributed by atoms with E-state index in [4.69, 9.17) is 18.9 Å². The van der Waals surface area contributed by atoms with E-state index in [1.54, 1.807) is 0 Å². The normalized spacial score (nSPS) is 48.5. The van der Waals surface area contributed by atoms with E-state index in [0.717, 1.165) is 0 Å². The first-order chi connectivity index (χ1) is 8.96. The maximum Gasteiger partial charge on any atom is 0.164 e. The first-order valence-corrected chi connectivity index (χ1v) is 7.39. The van der Waals surface area contributed by atoms with Crippen molar-refractivity contribution in [3.63, 3.8) is 0 Å². The Morgan fingerprint density at radius 1 is 0.850 bits per heavy atom. The summed E-state index contributed by atoms with van der Waals surface area (Å²) in [6.07, 6.45) is 0.134. The van der Waals surface area contributed by atoms with Crippen molar-refractivity contribution in [2.24, 2.45) is 0 Å². The topological polar surface area (TPSA) is 57.2 Å². The highest BCUT2D eigenvalue weighted by atomic mass is 16.8. The van der Waals surface area contributed by atoms with Crippen LogP contribution in [0.25, 0.3) is 0 Å². The van der Waals surface area contributed by atoms with Gasteiger partial charge in [-0.25, -0.2) is 0 Å². The summed E-state index contributed by atoms with van der Waals surface area (Å²) in [7, 11) is 0. The summed E-state index contributed by atoms with van der Waals surface area (Å²) in [5.41, 5.74) is -1.01. The van der Waals surface area contributed by atoms with Gasteiger partial charge in [0.05, 0.1) is 17.8 Å². The minimum absolute atomic E-state index is 0.162. The number of fused-ring (bicyclic) bond motifs is 1. The fourth-order valence-electron chi connectivity index (χ4n) is 4.11. The Kier molecular flexibility index (Phi) is 2.91. The molecule has 0 radical (unpaired) electrons. The predicted octanol–water partition coefficient (Wildman–Crippen LogP) is 1.96. The summed E-state index contributed by atoms with van der Waals surface area (Å²) >= 11 is 0. The van der Waals surface area contributed by atoms with Crippen LogP contribution in [0.2, 0.25) is 0 Å². The van der Waals surface area contributed by atoms with Gasteiger partial charge in [0.2, 0.25) is 0 Å². The Labute approximate surface area is 120 Å². The van der Waals surface area contributed by atoms with E-state index in [2.05, 4.69) is 0 Å². The SMILES string of the molecule is CC1(C)O[C@H]2[C@H](O)C[C@]3(C[C@H]2O1)OC(C)(C)OC3(C)C. The lowest BCUT2D eigenvalue weighted by atomic mass is 9.71. The Morgan fingerprint density at radius 2 is 1.50 bits per heavy atom. The van der Waals surface area contributed by atoms with Gasteiger partial charge in [-0.3, -0.25) is 0 Å². The number of rotatable bonds is 0. The zero-order valence-corrected chi connectivity index (χ0v) is 13.2. The van der Waals surface area contributed by atoms with Gasteiger partial charge in [-0.05, 0) is 41.5 Å². The molecular weight excluding hydrogens is 260 g/mol. The van der Waals surface area contributed by atoms with Crippen molar-refractivity contribution in [2.45, 2.75) is 95.5 Å². The Bertz CT molecular complexity index is 416. The van der Waals surface area contributed by atoms with Gasteiger partial charge < -0.3 is 24.1 Å². The molecule has 116 valence electrons. The van der Waals surface area contributed by atoms with E-state index in [-0.39, 0.29) is 12.2 Å². The molecule has 1 aliphatic carbocycles. The van der Waals surface area contributed by atoms with E-state index in [0.29, 0.717) is 12.8 Å². The Hall–Kier alpha value is -0.200. The molecule has 2 heterocycles. The number of aliphatic hydroxyl groups excluding tert-OH is 1. The molecule has 0 amide bonds. The second-order valence-corrected chi connectivity index (χ2v) is 7.72. The monoisotopic (exact) mass is 286 g/mol. The Balaban J connectivity index is 1.90. The van der Waals surface area contributed by atoms with Crippen LogP contribution in [-0.2, 0) is 18.9 Å². The molecule has 2 saturated heterocycles. The molecule has 0 unspecified atom stereocenters. The van der Waals surface area contributed by atoms with E-state index in [1.165, 1.54) is 0 Å². The van der Waals surface area contributed by atoms with Gasteiger partial charge >= 0.3 is 0 Å². The molecule has 4 atom stereocenters. The fraction of sp³-hybridized carbons (Fsp3) is 1.00. The minimum Gasteiger partial charge on any atom is -0.390 e. The molecule has 0 bridgehead atoms. The van der Waals surface area contributed by atoms with Gasteiger partial charge in [0.15, 0.2) is 11.6 Å². The fourth-order valence-corrected chi connectivity index (χ4v) is 4.11. The lowest BCUT2D eigenvalue weighted by Gasteiger charge is -2.45. The third-order valence-corrected chi connectivity index (χ3v) is 4.71. The van der Waals surface area contributed by atoms with E-state index >= 15 is 0 Å². The van der Waals surface area contributed by atoms with Crippen LogP contribution in [0, 0.1) is 0 Å². The molecule has 20 heavy (non-hydrogen) atoms. The average molecular weight is 286 g/mol. The number of hydrogen-bond donors (Lipinski definition) is 1. The molecule has 2 aliphatic heterocycles. The second-order valence-electron chi connectivity index (χ2n) is 7.72. The van der Waals surface area contributed by atoms with Crippen molar-refractivity contribution in [3.05, 3.63) is 0 Å². The molecular formula is C15H26O5. The van der Waals surface area contributed by atoms with Crippen LogP contribution in [0.4, 0.5) is 0 Å². The van der Waals surface area contributed by atoms with Gasteiger partial charge in [-0.15, -0.1) is 0 Å². The summed E-state index contributed by atoms with van der Waals surface area (Å²) in [4.78, 5) is 0. The van der Waals surface area contributed by atoms with Crippen molar-refractivity contribution in [1.29, 1.82) is 0 Å². The van der Waals surface area contributed by atoms with E-state index < -0.39 is 28.9 Å². The van der Waals surface area contributed by atoms with Crippen molar-refractivity contribution in [1.82, 2.24) is 0 Å². The summed E-state index contributed by atoms with van der Waals surface area (Å²) < 4.78 is 24.0. The summed E-state index contributed by atoms with van der Waals surface area (Å²) in [5.74, 6) is -1.30. The highest BCUT2D eigenvalue weighted by Gasteiger charge is 2.65. The molecule has 1 N–H and O–H groups in total. The smallest absolute Gasteiger partial charge is 0.164 e. The largest absolute Gasteiger partial charge is 0.390 e. The molecule has 3 fully saturated rings.